The van der Waals surface area contributed by atoms with Crippen LogP contribution in [0.3, 0.4) is 0 Å². The molecule has 282 valence electrons. The molecule has 0 atom stereocenters. The molecule has 3 saturated heterocycles. The van der Waals surface area contributed by atoms with E-state index in [-0.39, 0.29) is 47.5 Å². The number of Topliss-reactive ketones (excluding diaryl/α,β-unsaturated/α-hetero) is 1. The number of imide groups is 1. The molecule has 1 aromatic carbocycles. The molecule has 3 amide bonds. The molecule has 1 saturated carbocycles. The van der Waals surface area contributed by atoms with Crippen molar-refractivity contribution in [2.75, 3.05) is 65.8 Å². The second kappa shape index (κ2) is 14.8. The number of nitrogens with zero attached hydrogens (tertiary/aromatic N) is 8. The molecule has 3 aromatic heterocycles. The highest BCUT2D eigenvalue weighted by atomic mass is 19.1. The predicted molar refractivity (Wildman–Crippen MR) is 204 cm³/mol. The van der Waals surface area contributed by atoms with Gasteiger partial charge in [0.2, 0.25) is 11.9 Å². The number of pyridine rings is 2. The largest absolute Gasteiger partial charge is 0.370 e. The normalized spacial score (nSPS) is 19.1. The number of nitrogens with one attached hydrogen (secondary N) is 2. The third-order valence-corrected chi connectivity index (χ3v) is 11.5. The van der Waals surface area contributed by atoms with Crippen molar-refractivity contribution in [1.82, 2.24) is 29.7 Å². The molecule has 1 aliphatic carbocycles. The van der Waals surface area contributed by atoms with Gasteiger partial charge in [0, 0.05) is 81.6 Å². The summed E-state index contributed by atoms with van der Waals surface area (Å²) in [6, 6.07) is 8.81. The lowest BCUT2D eigenvalue weighted by atomic mass is 10.0. The van der Waals surface area contributed by atoms with Gasteiger partial charge in [0.25, 0.3) is 5.56 Å². The average molecular weight is 737 g/mol. The van der Waals surface area contributed by atoms with Crippen LogP contribution in [-0.2, 0) is 4.79 Å². The zero-order valence-corrected chi connectivity index (χ0v) is 30.7. The maximum absolute atomic E-state index is 15.1. The Labute approximate surface area is 312 Å². The number of urea groups is 1. The van der Waals surface area contributed by atoms with Crippen molar-refractivity contribution in [3.8, 4) is 0 Å². The summed E-state index contributed by atoms with van der Waals surface area (Å²) in [7, 11) is 0. The quantitative estimate of drug-likeness (QED) is 0.237. The standard InChI is InChI=1S/C39H45FN10O4/c1-24-30-23-42-38(45-36(30)50(27-5-3-4-6-27)37(53)35(24)25(2)51)43-33-10-8-29(22-41-33)46-14-11-26(12-15-46)47-17-19-48(20-18-47)28-7-9-32(31(40)21-28)49-16-13-34(52)44-39(49)54/h7-10,21-23,26-27H,3-6,11-20H2,1-2H3,(H,44,52,54)(H,41,42,43,45). The summed E-state index contributed by atoms with van der Waals surface area (Å²) in [6.45, 7) is 8.56. The molecule has 15 heteroatoms. The van der Waals surface area contributed by atoms with E-state index < -0.39 is 11.8 Å². The summed E-state index contributed by atoms with van der Waals surface area (Å²) in [5.41, 5.74) is 3.12. The van der Waals surface area contributed by atoms with E-state index in [1.54, 1.807) is 23.8 Å². The molecule has 0 radical (unpaired) electrons. The molecule has 14 nitrogen and oxygen atoms in total. The predicted octanol–water partition coefficient (Wildman–Crippen LogP) is 4.93. The van der Waals surface area contributed by atoms with E-state index in [9.17, 15) is 19.2 Å². The van der Waals surface area contributed by atoms with E-state index in [0.29, 0.717) is 34.4 Å². The number of ketones is 1. The lowest BCUT2D eigenvalue weighted by molar-refractivity contribution is -0.120. The Morgan fingerprint density at radius 1 is 0.852 bits per heavy atom. The van der Waals surface area contributed by atoms with Crippen LogP contribution in [-0.4, -0.2) is 94.0 Å². The molecular weight excluding hydrogens is 691 g/mol. The van der Waals surface area contributed by atoms with Crippen LogP contribution in [0.5, 0.6) is 0 Å². The van der Waals surface area contributed by atoms with Crippen LogP contribution in [0.1, 0.15) is 73.8 Å². The van der Waals surface area contributed by atoms with Crippen LogP contribution in [0.25, 0.3) is 11.0 Å². The number of carbonyl (C=O) groups is 3. The SMILES string of the molecule is CC(=O)c1c(C)c2cnc(Nc3ccc(N4CCC(N5CCN(c6ccc(N7CCC(=O)NC7=O)c(F)c6)CC5)CC4)cn3)nc2n(C2CCCC2)c1=O. The van der Waals surface area contributed by atoms with Crippen molar-refractivity contribution >= 4 is 57.6 Å². The average Bonchev–Trinajstić information content (AvgIpc) is 3.70. The summed E-state index contributed by atoms with van der Waals surface area (Å²) in [5.74, 6) is -0.120. The number of benzene rings is 1. The monoisotopic (exact) mass is 736 g/mol. The van der Waals surface area contributed by atoms with E-state index in [2.05, 4.69) is 41.4 Å². The van der Waals surface area contributed by atoms with E-state index in [0.717, 1.165) is 89.2 Å². The number of hydrogen-bond acceptors (Lipinski definition) is 11. The summed E-state index contributed by atoms with van der Waals surface area (Å²) >= 11 is 0. The van der Waals surface area contributed by atoms with Crippen LogP contribution < -0.4 is 30.9 Å². The van der Waals surface area contributed by atoms with Gasteiger partial charge in [-0.2, -0.15) is 4.98 Å². The Morgan fingerprint density at radius 3 is 2.24 bits per heavy atom. The maximum Gasteiger partial charge on any atom is 0.328 e. The molecule has 6 heterocycles. The number of piperazine rings is 1. The summed E-state index contributed by atoms with van der Waals surface area (Å²) < 4.78 is 16.8. The number of carbonyl (C=O) groups excluding carboxylic acids is 3. The molecule has 0 bridgehead atoms. The number of hydrogen-bond donors (Lipinski definition) is 2. The molecule has 4 aliphatic rings. The highest BCUT2D eigenvalue weighted by Gasteiger charge is 2.30. The van der Waals surface area contributed by atoms with Crippen molar-refractivity contribution < 1.29 is 18.8 Å². The summed E-state index contributed by atoms with van der Waals surface area (Å²) in [5, 5.41) is 6.17. The van der Waals surface area contributed by atoms with Gasteiger partial charge in [0.15, 0.2) is 5.78 Å². The number of aryl methyl sites for hydroxylation is 1. The second-order valence-electron chi connectivity index (χ2n) is 14.8. The zero-order chi connectivity index (χ0) is 37.5. The van der Waals surface area contributed by atoms with Crippen molar-refractivity contribution in [3.05, 3.63) is 70.0 Å². The molecule has 3 aliphatic heterocycles. The van der Waals surface area contributed by atoms with Gasteiger partial charge in [0.05, 0.1) is 23.1 Å². The minimum Gasteiger partial charge on any atom is -0.370 e. The smallest absolute Gasteiger partial charge is 0.328 e. The van der Waals surface area contributed by atoms with Gasteiger partial charge >= 0.3 is 6.03 Å². The Balaban J connectivity index is 0.862. The molecule has 4 aromatic rings. The zero-order valence-electron chi connectivity index (χ0n) is 30.7. The van der Waals surface area contributed by atoms with Crippen molar-refractivity contribution in [2.24, 2.45) is 0 Å². The van der Waals surface area contributed by atoms with Gasteiger partial charge in [-0.05, 0) is 75.4 Å². The molecule has 4 fully saturated rings. The second-order valence-corrected chi connectivity index (χ2v) is 14.8. The Bertz CT molecular complexity index is 2150. The lowest BCUT2D eigenvalue weighted by Gasteiger charge is -2.43. The Hall–Kier alpha value is -5.44. The molecule has 0 spiro atoms. The number of amides is 3. The minimum atomic E-state index is -0.592. The van der Waals surface area contributed by atoms with Gasteiger partial charge in [-0.3, -0.25) is 34.1 Å². The number of aromatic nitrogens is 4. The number of anilines is 5. The number of fused-ring (bicyclic) bond motifs is 1. The van der Waals surface area contributed by atoms with Gasteiger partial charge in [-0.25, -0.2) is 19.2 Å². The number of rotatable bonds is 8. The first-order valence-corrected chi connectivity index (χ1v) is 19.0. The Morgan fingerprint density at radius 2 is 1.57 bits per heavy atom. The summed E-state index contributed by atoms with van der Waals surface area (Å²) in [6.07, 6.45) is 9.61. The first-order chi connectivity index (χ1) is 26.1. The molecule has 8 rings (SSSR count). The van der Waals surface area contributed by atoms with Gasteiger partial charge in [-0.1, -0.05) is 12.8 Å². The molecule has 54 heavy (non-hydrogen) atoms. The first kappa shape index (κ1) is 35.6. The lowest BCUT2D eigenvalue weighted by Crippen LogP contribution is -2.53. The Kier molecular flexibility index (Phi) is 9.73. The van der Waals surface area contributed by atoms with Gasteiger partial charge in [0.1, 0.15) is 17.3 Å². The van der Waals surface area contributed by atoms with E-state index >= 15 is 4.39 Å². The van der Waals surface area contributed by atoms with E-state index in [1.165, 1.54) is 17.9 Å². The van der Waals surface area contributed by atoms with Crippen LogP contribution in [0, 0.1) is 12.7 Å². The highest BCUT2D eigenvalue weighted by molar-refractivity contribution is 6.05. The first-order valence-electron chi connectivity index (χ1n) is 19.0. The maximum atomic E-state index is 15.1. The third-order valence-electron chi connectivity index (χ3n) is 11.5. The molecule has 0 unspecified atom stereocenters. The van der Waals surface area contributed by atoms with Crippen LogP contribution in [0.15, 0.2) is 47.5 Å². The molecular formula is C39H45FN10O4. The topological polar surface area (TPSA) is 149 Å². The number of halogens is 1. The van der Waals surface area contributed by atoms with Crippen molar-refractivity contribution in [1.29, 1.82) is 0 Å². The fourth-order valence-electron chi connectivity index (χ4n) is 8.61. The third kappa shape index (κ3) is 6.88. The fourth-order valence-corrected chi connectivity index (χ4v) is 8.61. The van der Waals surface area contributed by atoms with Crippen molar-refractivity contribution in [2.45, 2.75) is 70.9 Å². The summed E-state index contributed by atoms with van der Waals surface area (Å²) in [4.78, 5) is 72.0. The van der Waals surface area contributed by atoms with Gasteiger partial charge < -0.3 is 15.1 Å². The van der Waals surface area contributed by atoms with E-state index in [1.807, 2.05) is 18.3 Å². The minimum absolute atomic E-state index is 0.00950. The van der Waals surface area contributed by atoms with Crippen LogP contribution >= 0.6 is 0 Å². The highest BCUT2D eigenvalue weighted by Crippen LogP contribution is 2.33. The molecule has 2 N–H and O–H groups in total. The number of piperidine rings is 1. The van der Waals surface area contributed by atoms with Crippen LogP contribution in [0.4, 0.5) is 38.0 Å². The van der Waals surface area contributed by atoms with E-state index in [4.69, 9.17) is 4.98 Å². The van der Waals surface area contributed by atoms with Gasteiger partial charge in [-0.15, -0.1) is 0 Å². The van der Waals surface area contributed by atoms with Crippen LogP contribution in [0.2, 0.25) is 0 Å². The fraction of sp³-hybridized carbons (Fsp3) is 0.462. The van der Waals surface area contributed by atoms with Crippen molar-refractivity contribution in [3.63, 3.8) is 0 Å².